The summed E-state index contributed by atoms with van der Waals surface area (Å²) in [5.41, 5.74) is 1.15. The van der Waals surface area contributed by atoms with Gasteiger partial charge in [0.05, 0.1) is 6.07 Å². The van der Waals surface area contributed by atoms with Gasteiger partial charge >= 0.3 is 277 Å². The van der Waals surface area contributed by atoms with E-state index < -0.39 is 19.2 Å². The average molecular weight is 724 g/mol. The van der Waals surface area contributed by atoms with Crippen LogP contribution in [0, 0.1) is 11.3 Å². The van der Waals surface area contributed by atoms with Gasteiger partial charge in [-0.2, -0.15) is 5.26 Å². The first-order valence-corrected chi connectivity index (χ1v) is 19.9. The van der Waals surface area contributed by atoms with E-state index in [-0.39, 0.29) is 42.9 Å². The molecule has 1 atom stereocenters. The molecule has 9 nitrogen and oxygen atoms in total. The first-order chi connectivity index (χ1) is 24.8. The number of piperazine rings is 1. The first kappa shape index (κ1) is 37.2. The third-order valence-corrected chi connectivity index (χ3v) is 14.7. The zero-order chi connectivity index (χ0) is 36.1. The molecule has 0 saturated carbocycles. The van der Waals surface area contributed by atoms with Gasteiger partial charge in [0, 0.05) is 0 Å². The fourth-order valence-corrected chi connectivity index (χ4v) is 11.5. The van der Waals surface area contributed by atoms with Gasteiger partial charge in [-0.3, -0.25) is 4.79 Å². The number of hydrogen-bond acceptors (Lipinski definition) is 5. The van der Waals surface area contributed by atoms with Crippen LogP contribution >= 0.6 is 18.9 Å². The van der Waals surface area contributed by atoms with E-state index in [0.29, 0.717) is 44.4 Å². The molecule has 1 fully saturated rings. The molecule has 2 N–H and O–H groups in total. The Morgan fingerprint density at radius 1 is 0.745 bits per heavy atom. The molecular weight excluding hydrogens is 681 g/mol. The number of rotatable bonds is 14. The van der Waals surface area contributed by atoms with Crippen molar-refractivity contribution >= 4 is 58.4 Å². The van der Waals surface area contributed by atoms with E-state index in [9.17, 15) is 19.2 Å². The van der Waals surface area contributed by atoms with Crippen molar-refractivity contribution in [2.24, 2.45) is 0 Å². The van der Waals surface area contributed by atoms with Crippen LogP contribution in [0.25, 0.3) is 0 Å². The van der Waals surface area contributed by atoms with Crippen LogP contribution in [0.4, 0.5) is 0 Å². The van der Waals surface area contributed by atoms with Gasteiger partial charge in [-0.1, -0.05) is 0 Å². The van der Waals surface area contributed by atoms with E-state index in [2.05, 4.69) is 47.0 Å². The van der Waals surface area contributed by atoms with E-state index in [1.165, 1.54) is 15.9 Å². The van der Waals surface area contributed by atoms with Crippen molar-refractivity contribution in [3.8, 4) is 6.07 Å². The van der Waals surface area contributed by atoms with Gasteiger partial charge in [-0.05, 0) is 0 Å². The standard InChI is InChI=1S/C40H43ClN5O4P/c41-30-31-11-10-12-32(29-31)39(49)44-36(19-20-37(47)45-24-26-46(27-25-45)38(48)21-22-42)40(50)43-23-28-51(33-13-4-1-5-14-33,34-15-6-2-7-16-34)35-17-8-3-9-18-35/h1-18,29,36,51H,19-21,23-28,30H2,(H,43,50)(H,44,49)/t36-/m0/s1. The molecule has 1 saturated heterocycles. The fourth-order valence-electron chi connectivity index (χ4n) is 6.71. The summed E-state index contributed by atoms with van der Waals surface area (Å²) in [6.07, 6.45) is 0.605. The predicted molar refractivity (Wildman–Crippen MR) is 204 cm³/mol. The molecule has 0 aromatic heterocycles. The van der Waals surface area contributed by atoms with Crippen LogP contribution in [0.2, 0.25) is 0 Å². The second-order valence-corrected chi connectivity index (χ2v) is 16.8. The Morgan fingerprint density at radius 2 is 1.27 bits per heavy atom. The van der Waals surface area contributed by atoms with Gasteiger partial charge in [0.1, 0.15) is 6.42 Å². The Morgan fingerprint density at radius 3 is 1.78 bits per heavy atom. The number of carbonyl (C=O) groups excluding carboxylic acids is 4. The molecule has 0 unspecified atom stereocenters. The molecule has 0 spiro atoms. The number of nitrogens with zero attached hydrogens (tertiary/aromatic N) is 3. The number of amides is 4. The first-order valence-electron chi connectivity index (χ1n) is 17.2. The number of hydrogen-bond donors (Lipinski definition) is 2. The minimum atomic E-state index is -2.62. The van der Waals surface area contributed by atoms with Gasteiger partial charge < -0.3 is 0 Å². The van der Waals surface area contributed by atoms with Crippen molar-refractivity contribution in [3.05, 3.63) is 126 Å². The summed E-state index contributed by atoms with van der Waals surface area (Å²) >= 11 is 6.02. The van der Waals surface area contributed by atoms with Crippen LogP contribution in [0.3, 0.4) is 0 Å². The third-order valence-electron chi connectivity index (χ3n) is 9.43. The number of halogens is 1. The molecule has 264 valence electrons. The monoisotopic (exact) mass is 723 g/mol. The fraction of sp³-hybridized carbons (Fsp3) is 0.275. The molecule has 4 aromatic carbocycles. The average Bonchev–Trinajstić information content (AvgIpc) is 3.19. The van der Waals surface area contributed by atoms with E-state index in [1.54, 1.807) is 28.0 Å². The van der Waals surface area contributed by atoms with Crippen molar-refractivity contribution in [1.29, 1.82) is 5.26 Å². The Labute approximate surface area is 304 Å². The summed E-state index contributed by atoms with van der Waals surface area (Å²) in [7, 11) is -2.62. The summed E-state index contributed by atoms with van der Waals surface area (Å²) in [6, 6.07) is 39.1. The van der Waals surface area contributed by atoms with Gasteiger partial charge in [-0.25, -0.2) is 0 Å². The molecule has 1 heterocycles. The number of alkyl halides is 1. The molecule has 4 aromatic rings. The molecule has 0 aliphatic carbocycles. The Kier molecular flexibility index (Phi) is 13.3. The van der Waals surface area contributed by atoms with Crippen molar-refractivity contribution in [1.82, 2.24) is 20.4 Å². The van der Waals surface area contributed by atoms with Crippen molar-refractivity contribution < 1.29 is 19.2 Å². The van der Waals surface area contributed by atoms with E-state index in [1.807, 2.05) is 66.7 Å². The quantitative estimate of drug-likeness (QED) is 0.152. The summed E-state index contributed by atoms with van der Waals surface area (Å²) < 4.78 is 0. The van der Waals surface area contributed by atoms with Gasteiger partial charge in [0.15, 0.2) is 0 Å². The molecule has 5 rings (SSSR count). The zero-order valence-electron chi connectivity index (χ0n) is 28.5. The van der Waals surface area contributed by atoms with Crippen LogP contribution in [0.15, 0.2) is 115 Å². The van der Waals surface area contributed by atoms with Crippen LogP contribution in [-0.2, 0) is 20.3 Å². The molecule has 1 aliphatic heterocycles. The third kappa shape index (κ3) is 9.40. The van der Waals surface area contributed by atoms with Crippen LogP contribution in [0.5, 0.6) is 0 Å². The molecular formula is C40H43ClN5O4P. The molecule has 1 aliphatic rings. The SMILES string of the molecule is N#CCC(=O)N1CCN(C(=O)CC[C@H](NC(=O)c2cccc(CCl)c2)C(=O)NCC[PH](c2ccccc2)(c2ccccc2)c2ccccc2)CC1. The predicted octanol–water partition coefficient (Wildman–Crippen LogP) is 3.73. The van der Waals surface area contributed by atoms with Crippen molar-refractivity contribution in [2.75, 3.05) is 38.9 Å². The van der Waals surface area contributed by atoms with Crippen LogP contribution < -0.4 is 26.5 Å². The second-order valence-electron chi connectivity index (χ2n) is 12.5. The van der Waals surface area contributed by atoms with E-state index in [0.717, 1.165) is 5.56 Å². The van der Waals surface area contributed by atoms with Crippen molar-refractivity contribution in [3.63, 3.8) is 0 Å². The van der Waals surface area contributed by atoms with E-state index >= 15 is 0 Å². The maximum absolute atomic E-state index is 14.0. The summed E-state index contributed by atoms with van der Waals surface area (Å²) in [5.74, 6) is -0.970. The molecule has 4 amide bonds. The van der Waals surface area contributed by atoms with E-state index in [4.69, 9.17) is 16.9 Å². The number of nitrogens with one attached hydrogen (secondary N) is 2. The number of nitriles is 1. The van der Waals surface area contributed by atoms with Gasteiger partial charge in [-0.15, -0.1) is 0 Å². The van der Waals surface area contributed by atoms with Crippen LogP contribution in [-0.4, -0.2) is 78.4 Å². The van der Waals surface area contributed by atoms with Gasteiger partial charge in [0.2, 0.25) is 5.91 Å². The Hall–Kier alpha value is -5.03. The second kappa shape index (κ2) is 18.3. The zero-order valence-corrected chi connectivity index (χ0v) is 30.2. The van der Waals surface area contributed by atoms with Crippen LogP contribution in [0.1, 0.15) is 35.2 Å². The Balaban J connectivity index is 1.33. The maximum atomic E-state index is 14.0. The summed E-state index contributed by atoms with van der Waals surface area (Å²) in [5, 5.41) is 18.5. The number of benzene rings is 4. The summed E-state index contributed by atoms with van der Waals surface area (Å²) in [6.45, 7) is 1.73. The molecule has 11 heteroatoms. The van der Waals surface area contributed by atoms with Crippen molar-refractivity contribution in [2.45, 2.75) is 31.2 Å². The molecule has 0 radical (unpaired) electrons. The molecule has 51 heavy (non-hydrogen) atoms. The molecule has 0 bridgehead atoms. The Bertz CT molecular complexity index is 1730. The topological polar surface area (TPSA) is 123 Å². The van der Waals surface area contributed by atoms with Gasteiger partial charge in [0.25, 0.3) is 0 Å². The minimum absolute atomic E-state index is 0.0307. The summed E-state index contributed by atoms with van der Waals surface area (Å²) in [4.78, 5) is 56.1. The number of carbonyl (C=O) groups is 4. The normalized spacial score (nSPS) is 13.8.